The number of aryl methyl sites for hydroxylation is 1. The van der Waals surface area contributed by atoms with E-state index in [0.717, 1.165) is 25.0 Å². The first kappa shape index (κ1) is 18.4. The van der Waals surface area contributed by atoms with Crippen LogP contribution in [0.4, 0.5) is 0 Å². The highest BCUT2D eigenvalue weighted by Crippen LogP contribution is 2.25. The Morgan fingerprint density at radius 3 is 2.60 bits per heavy atom. The van der Waals surface area contributed by atoms with Gasteiger partial charge in [-0.25, -0.2) is 8.42 Å². The quantitative estimate of drug-likeness (QED) is 0.860. The second-order valence-corrected chi connectivity index (χ2v) is 8.73. The average molecular weight is 366 g/mol. The molecule has 1 atom stereocenters. The van der Waals surface area contributed by atoms with E-state index in [1.807, 2.05) is 6.07 Å². The van der Waals surface area contributed by atoms with Crippen molar-refractivity contribution in [3.8, 4) is 0 Å². The van der Waals surface area contributed by atoms with Gasteiger partial charge in [-0.2, -0.15) is 4.31 Å². The molecule has 25 heavy (non-hydrogen) atoms. The summed E-state index contributed by atoms with van der Waals surface area (Å²) in [6, 6.07) is 7.02. The minimum Gasteiger partial charge on any atom is -0.376 e. The number of carbonyl (C=O) groups excluding carboxylic acids is 1. The number of hydrogen-bond acceptors (Lipinski definition) is 4. The number of piperidine rings is 1. The van der Waals surface area contributed by atoms with Crippen LogP contribution in [0.1, 0.15) is 31.2 Å². The van der Waals surface area contributed by atoms with Crippen molar-refractivity contribution in [1.82, 2.24) is 9.62 Å². The maximum Gasteiger partial charge on any atom is 0.243 e. The van der Waals surface area contributed by atoms with Crippen LogP contribution in [0.3, 0.4) is 0 Å². The molecule has 6 nitrogen and oxygen atoms in total. The summed E-state index contributed by atoms with van der Waals surface area (Å²) in [6.07, 6.45) is 3.29. The Morgan fingerprint density at radius 1 is 1.24 bits per heavy atom. The molecule has 2 saturated heterocycles. The van der Waals surface area contributed by atoms with Crippen LogP contribution in [0.5, 0.6) is 0 Å². The van der Waals surface area contributed by atoms with Crippen molar-refractivity contribution in [2.75, 3.05) is 26.2 Å². The van der Waals surface area contributed by atoms with Crippen LogP contribution in [0.25, 0.3) is 0 Å². The molecule has 0 spiro atoms. The molecule has 7 heteroatoms. The number of amides is 1. The van der Waals surface area contributed by atoms with Crippen LogP contribution in [-0.4, -0.2) is 51.0 Å². The highest BCUT2D eigenvalue weighted by atomic mass is 32.2. The average Bonchev–Trinajstić information content (AvgIpc) is 3.13. The summed E-state index contributed by atoms with van der Waals surface area (Å²) >= 11 is 0. The Morgan fingerprint density at radius 2 is 1.96 bits per heavy atom. The summed E-state index contributed by atoms with van der Waals surface area (Å²) < 4.78 is 32.6. The Kier molecular flexibility index (Phi) is 5.76. The van der Waals surface area contributed by atoms with E-state index < -0.39 is 10.0 Å². The molecule has 2 aliphatic heterocycles. The fraction of sp³-hybridized carbons (Fsp3) is 0.611. The third-order valence-corrected chi connectivity index (χ3v) is 7.12. The van der Waals surface area contributed by atoms with E-state index in [1.165, 1.54) is 4.31 Å². The van der Waals surface area contributed by atoms with E-state index in [-0.39, 0.29) is 17.9 Å². The number of sulfonamides is 1. The fourth-order valence-electron chi connectivity index (χ4n) is 3.51. The molecule has 138 valence electrons. The lowest BCUT2D eigenvalue weighted by Gasteiger charge is -2.31. The normalized spacial score (nSPS) is 22.8. The van der Waals surface area contributed by atoms with E-state index in [9.17, 15) is 13.2 Å². The lowest BCUT2D eigenvalue weighted by Crippen LogP contribution is -2.44. The summed E-state index contributed by atoms with van der Waals surface area (Å²) in [5, 5.41) is 2.96. The molecule has 2 heterocycles. The Bertz CT molecular complexity index is 706. The van der Waals surface area contributed by atoms with Crippen molar-refractivity contribution < 1.29 is 17.9 Å². The maximum atomic E-state index is 12.8. The Hall–Kier alpha value is -1.44. The van der Waals surface area contributed by atoms with E-state index >= 15 is 0 Å². The van der Waals surface area contributed by atoms with Crippen LogP contribution in [0.15, 0.2) is 29.2 Å². The standard InChI is InChI=1S/C18H26N2O4S/c1-14-5-2-3-7-17(14)25(22,23)20-10-8-15(9-11-20)18(21)19-13-16-6-4-12-24-16/h2-3,5,7,15-16H,4,6,8-13H2,1H3,(H,19,21). The predicted octanol–water partition coefficient (Wildman–Crippen LogP) is 1.69. The summed E-state index contributed by atoms with van der Waals surface area (Å²) in [5.41, 5.74) is 0.749. The summed E-state index contributed by atoms with van der Waals surface area (Å²) in [6.45, 7) is 3.90. The van der Waals surface area contributed by atoms with Gasteiger partial charge < -0.3 is 10.1 Å². The summed E-state index contributed by atoms with van der Waals surface area (Å²) in [7, 11) is -3.49. The summed E-state index contributed by atoms with van der Waals surface area (Å²) in [5.74, 6) is -0.104. The van der Waals surface area contributed by atoms with E-state index in [0.29, 0.717) is 37.4 Å². The molecular weight excluding hydrogens is 340 g/mol. The number of benzene rings is 1. The molecule has 0 aliphatic carbocycles. The van der Waals surface area contributed by atoms with Crippen LogP contribution in [0.2, 0.25) is 0 Å². The van der Waals surface area contributed by atoms with Gasteiger partial charge in [-0.3, -0.25) is 4.79 Å². The number of nitrogens with one attached hydrogen (secondary N) is 1. The first-order valence-corrected chi connectivity index (χ1v) is 10.4. The van der Waals surface area contributed by atoms with Gasteiger partial charge in [0, 0.05) is 32.2 Å². The van der Waals surface area contributed by atoms with E-state index in [4.69, 9.17) is 4.74 Å². The van der Waals surface area contributed by atoms with Crippen molar-refractivity contribution in [2.45, 2.75) is 43.6 Å². The minimum atomic E-state index is -3.49. The van der Waals surface area contributed by atoms with Gasteiger partial charge in [-0.15, -0.1) is 0 Å². The second kappa shape index (κ2) is 7.85. The third-order valence-electron chi connectivity index (χ3n) is 5.06. The van der Waals surface area contributed by atoms with Gasteiger partial charge in [0.25, 0.3) is 0 Å². The fourth-order valence-corrected chi connectivity index (χ4v) is 5.20. The zero-order valence-electron chi connectivity index (χ0n) is 14.6. The SMILES string of the molecule is Cc1ccccc1S(=O)(=O)N1CCC(C(=O)NCC2CCCO2)CC1. The maximum absolute atomic E-state index is 12.8. The lowest BCUT2D eigenvalue weighted by molar-refractivity contribution is -0.126. The Balaban J connectivity index is 1.54. The first-order valence-electron chi connectivity index (χ1n) is 8.93. The Labute approximate surface area is 149 Å². The molecule has 1 aromatic rings. The number of rotatable bonds is 5. The number of nitrogens with zero attached hydrogens (tertiary/aromatic N) is 1. The molecule has 1 unspecified atom stereocenters. The monoisotopic (exact) mass is 366 g/mol. The molecule has 2 aliphatic rings. The van der Waals surface area contributed by atoms with Crippen LogP contribution < -0.4 is 5.32 Å². The molecule has 0 saturated carbocycles. The number of ether oxygens (including phenoxy) is 1. The number of carbonyl (C=O) groups is 1. The first-order chi connectivity index (χ1) is 12.0. The van der Waals surface area contributed by atoms with Crippen molar-refractivity contribution >= 4 is 15.9 Å². The minimum absolute atomic E-state index is 0.0171. The van der Waals surface area contributed by atoms with Crippen LogP contribution in [-0.2, 0) is 19.6 Å². The van der Waals surface area contributed by atoms with Gasteiger partial charge in [-0.05, 0) is 44.2 Å². The lowest BCUT2D eigenvalue weighted by atomic mass is 9.97. The molecule has 1 aromatic carbocycles. The molecule has 0 bridgehead atoms. The molecule has 0 aromatic heterocycles. The van der Waals surface area contributed by atoms with Crippen molar-refractivity contribution in [1.29, 1.82) is 0 Å². The molecule has 0 radical (unpaired) electrons. The van der Waals surface area contributed by atoms with Gasteiger partial charge in [0.15, 0.2) is 0 Å². The second-order valence-electron chi connectivity index (χ2n) is 6.82. The largest absolute Gasteiger partial charge is 0.376 e. The topological polar surface area (TPSA) is 75.7 Å². The van der Waals surface area contributed by atoms with E-state index in [2.05, 4.69) is 5.32 Å². The molecule has 1 N–H and O–H groups in total. The molecule has 1 amide bonds. The zero-order chi connectivity index (χ0) is 17.9. The highest BCUT2D eigenvalue weighted by molar-refractivity contribution is 7.89. The van der Waals surface area contributed by atoms with E-state index in [1.54, 1.807) is 25.1 Å². The van der Waals surface area contributed by atoms with Gasteiger partial charge >= 0.3 is 0 Å². The van der Waals surface area contributed by atoms with Gasteiger partial charge in [0.05, 0.1) is 11.0 Å². The van der Waals surface area contributed by atoms with Crippen molar-refractivity contribution in [2.24, 2.45) is 5.92 Å². The van der Waals surface area contributed by atoms with Gasteiger partial charge in [0.2, 0.25) is 15.9 Å². The van der Waals surface area contributed by atoms with Crippen LogP contribution >= 0.6 is 0 Å². The number of hydrogen-bond donors (Lipinski definition) is 1. The van der Waals surface area contributed by atoms with Gasteiger partial charge in [-0.1, -0.05) is 18.2 Å². The summed E-state index contributed by atoms with van der Waals surface area (Å²) in [4.78, 5) is 12.7. The molecular formula is C18H26N2O4S. The molecule has 3 rings (SSSR count). The molecule has 2 fully saturated rings. The zero-order valence-corrected chi connectivity index (χ0v) is 15.4. The van der Waals surface area contributed by atoms with Crippen LogP contribution in [0, 0.1) is 12.8 Å². The van der Waals surface area contributed by atoms with Crippen molar-refractivity contribution in [3.63, 3.8) is 0 Å². The third kappa shape index (κ3) is 4.22. The van der Waals surface area contributed by atoms with Gasteiger partial charge in [0.1, 0.15) is 0 Å². The smallest absolute Gasteiger partial charge is 0.243 e. The highest BCUT2D eigenvalue weighted by Gasteiger charge is 2.32. The predicted molar refractivity (Wildman–Crippen MR) is 94.6 cm³/mol. The van der Waals surface area contributed by atoms with Crippen molar-refractivity contribution in [3.05, 3.63) is 29.8 Å².